The molecule has 0 aliphatic heterocycles. The molecule has 0 fully saturated rings. The molecule has 1 aromatic carbocycles. The van der Waals surface area contributed by atoms with Gasteiger partial charge in [0.15, 0.2) is 6.04 Å². The van der Waals surface area contributed by atoms with Crippen LogP contribution in [0.5, 0.6) is 5.75 Å². The average molecular weight is 226 g/mol. The van der Waals surface area contributed by atoms with Gasteiger partial charge in [0.2, 0.25) is 0 Å². The molecule has 0 saturated carbocycles. The van der Waals surface area contributed by atoms with Crippen LogP contribution in [0.1, 0.15) is 5.56 Å². The maximum atomic E-state index is 8.73. The molecule has 0 aliphatic rings. The van der Waals surface area contributed by atoms with Crippen LogP contribution in [0, 0.1) is 28.1 Å². The summed E-state index contributed by atoms with van der Waals surface area (Å²) in [5.74, 6) is 0.679. The molecule has 0 aliphatic carbocycles. The molecule has 0 radical (unpaired) electrons. The lowest BCUT2D eigenvalue weighted by molar-refractivity contribution is 0.415. The van der Waals surface area contributed by atoms with Gasteiger partial charge in [0.1, 0.15) is 17.5 Å². The standard InChI is InChI=1S/C12H10N4O/c1-17-10-4-2-3-9(5-10)8-16-12(7-14)11(15)6-13/h2-5,8,12,15H,1H3. The van der Waals surface area contributed by atoms with Gasteiger partial charge < -0.3 is 4.74 Å². The first-order chi connectivity index (χ1) is 8.21. The number of nitrogens with zero attached hydrogens (tertiary/aromatic N) is 3. The van der Waals surface area contributed by atoms with Gasteiger partial charge in [0, 0.05) is 6.21 Å². The summed E-state index contributed by atoms with van der Waals surface area (Å²) in [5.41, 5.74) is 0.377. The molecule has 84 valence electrons. The number of nitriles is 2. The van der Waals surface area contributed by atoms with Crippen molar-refractivity contribution in [2.24, 2.45) is 4.99 Å². The number of methoxy groups -OCH3 is 1. The number of benzene rings is 1. The van der Waals surface area contributed by atoms with Gasteiger partial charge in [-0.3, -0.25) is 10.4 Å². The normalized spacial score (nSPS) is 11.5. The van der Waals surface area contributed by atoms with Crippen molar-refractivity contribution in [3.63, 3.8) is 0 Å². The van der Waals surface area contributed by atoms with E-state index in [1.165, 1.54) is 6.21 Å². The van der Waals surface area contributed by atoms with Crippen LogP contribution in [0.25, 0.3) is 0 Å². The molecule has 1 aromatic rings. The van der Waals surface area contributed by atoms with Crippen molar-refractivity contribution < 1.29 is 4.74 Å². The molecule has 17 heavy (non-hydrogen) atoms. The zero-order valence-corrected chi connectivity index (χ0v) is 9.21. The number of aliphatic imine (C=N–C) groups is 1. The molecule has 0 heterocycles. The third kappa shape index (κ3) is 3.44. The van der Waals surface area contributed by atoms with Gasteiger partial charge in [0.25, 0.3) is 0 Å². The Kier molecular flexibility index (Phi) is 4.41. The Morgan fingerprint density at radius 3 is 2.88 bits per heavy atom. The van der Waals surface area contributed by atoms with Gasteiger partial charge in [0.05, 0.1) is 13.2 Å². The number of ether oxygens (including phenoxy) is 1. The van der Waals surface area contributed by atoms with Crippen molar-refractivity contribution in [2.45, 2.75) is 6.04 Å². The summed E-state index contributed by atoms with van der Waals surface area (Å²) in [7, 11) is 1.56. The minimum atomic E-state index is -1.05. The monoisotopic (exact) mass is 226 g/mol. The zero-order chi connectivity index (χ0) is 12.7. The summed E-state index contributed by atoms with van der Waals surface area (Å²) in [5, 5.41) is 24.4. The van der Waals surface area contributed by atoms with Crippen LogP contribution in [0.3, 0.4) is 0 Å². The lowest BCUT2D eigenvalue weighted by atomic mass is 10.2. The van der Waals surface area contributed by atoms with Crippen LogP contribution >= 0.6 is 0 Å². The second-order valence-electron chi connectivity index (χ2n) is 3.11. The number of hydrogen-bond donors (Lipinski definition) is 1. The van der Waals surface area contributed by atoms with E-state index in [1.807, 2.05) is 0 Å². The van der Waals surface area contributed by atoms with Crippen molar-refractivity contribution in [2.75, 3.05) is 7.11 Å². The molecular weight excluding hydrogens is 216 g/mol. The SMILES string of the molecule is COc1cccc(C=NC(C#N)C(=N)C#N)c1. The summed E-state index contributed by atoms with van der Waals surface area (Å²) in [6, 6.07) is 9.43. The largest absolute Gasteiger partial charge is 0.497 e. The Morgan fingerprint density at radius 1 is 1.53 bits per heavy atom. The van der Waals surface area contributed by atoms with E-state index in [0.717, 1.165) is 5.56 Å². The Labute approximate surface area is 99.1 Å². The smallest absolute Gasteiger partial charge is 0.187 e. The molecule has 1 rings (SSSR count). The summed E-state index contributed by atoms with van der Waals surface area (Å²) >= 11 is 0. The molecule has 0 amide bonds. The molecule has 5 nitrogen and oxygen atoms in total. The lowest BCUT2D eigenvalue weighted by Gasteiger charge is -2.00. The number of nitrogens with one attached hydrogen (secondary N) is 1. The summed E-state index contributed by atoms with van der Waals surface area (Å²) in [6.07, 6.45) is 1.45. The van der Waals surface area contributed by atoms with E-state index in [0.29, 0.717) is 5.75 Å². The van der Waals surface area contributed by atoms with E-state index >= 15 is 0 Å². The van der Waals surface area contributed by atoms with Gasteiger partial charge in [-0.1, -0.05) is 12.1 Å². The highest BCUT2D eigenvalue weighted by molar-refractivity contribution is 6.03. The van der Waals surface area contributed by atoms with E-state index in [2.05, 4.69) is 4.99 Å². The third-order valence-electron chi connectivity index (χ3n) is 1.98. The van der Waals surface area contributed by atoms with E-state index < -0.39 is 6.04 Å². The summed E-state index contributed by atoms with van der Waals surface area (Å²) < 4.78 is 5.04. The van der Waals surface area contributed by atoms with Gasteiger partial charge in [-0.2, -0.15) is 10.5 Å². The fourth-order valence-corrected chi connectivity index (χ4v) is 1.12. The van der Waals surface area contributed by atoms with Crippen LogP contribution < -0.4 is 4.74 Å². The van der Waals surface area contributed by atoms with Crippen molar-refractivity contribution in [1.29, 1.82) is 15.9 Å². The fraction of sp³-hybridized carbons (Fsp3) is 0.167. The van der Waals surface area contributed by atoms with Crippen LogP contribution in [0.4, 0.5) is 0 Å². The fourth-order valence-electron chi connectivity index (χ4n) is 1.12. The highest BCUT2D eigenvalue weighted by Crippen LogP contribution is 2.11. The first-order valence-corrected chi connectivity index (χ1v) is 4.76. The highest BCUT2D eigenvalue weighted by atomic mass is 16.5. The highest BCUT2D eigenvalue weighted by Gasteiger charge is 2.09. The Morgan fingerprint density at radius 2 is 2.29 bits per heavy atom. The second kappa shape index (κ2) is 6.04. The van der Waals surface area contributed by atoms with Crippen molar-refractivity contribution in [1.82, 2.24) is 0 Å². The number of rotatable bonds is 4. The molecule has 1 N–H and O–H groups in total. The van der Waals surface area contributed by atoms with Crippen molar-refractivity contribution in [3.05, 3.63) is 29.8 Å². The zero-order valence-electron chi connectivity index (χ0n) is 9.21. The first kappa shape index (κ1) is 12.4. The Bertz CT molecular complexity index is 522. The van der Waals surface area contributed by atoms with Crippen LogP contribution in [0.15, 0.2) is 29.3 Å². The minimum absolute atomic E-state index is 0.369. The quantitative estimate of drug-likeness (QED) is 0.789. The molecule has 1 unspecified atom stereocenters. The molecule has 0 bridgehead atoms. The summed E-state index contributed by atoms with van der Waals surface area (Å²) in [4.78, 5) is 3.87. The van der Waals surface area contributed by atoms with Crippen LogP contribution in [0.2, 0.25) is 0 Å². The Hall–Kier alpha value is -2.66. The number of hydrogen-bond acceptors (Lipinski definition) is 5. The van der Waals surface area contributed by atoms with E-state index in [4.69, 9.17) is 20.7 Å². The molecule has 0 aromatic heterocycles. The summed E-state index contributed by atoms with van der Waals surface area (Å²) in [6.45, 7) is 0. The van der Waals surface area contributed by atoms with Crippen LogP contribution in [-0.2, 0) is 0 Å². The van der Waals surface area contributed by atoms with Gasteiger partial charge in [-0.25, -0.2) is 0 Å². The maximum Gasteiger partial charge on any atom is 0.187 e. The molecular formula is C12H10N4O. The first-order valence-electron chi connectivity index (χ1n) is 4.76. The van der Waals surface area contributed by atoms with E-state index in [-0.39, 0.29) is 5.71 Å². The van der Waals surface area contributed by atoms with E-state index in [9.17, 15) is 0 Å². The average Bonchev–Trinajstić information content (AvgIpc) is 2.39. The van der Waals surface area contributed by atoms with Gasteiger partial charge in [-0.15, -0.1) is 0 Å². The lowest BCUT2D eigenvalue weighted by Crippen LogP contribution is -2.13. The van der Waals surface area contributed by atoms with Gasteiger partial charge in [-0.05, 0) is 17.7 Å². The molecule has 5 heteroatoms. The molecule has 0 spiro atoms. The van der Waals surface area contributed by atoms with E-state index in [1.54, 1.807) is 43.5 Å². The molecule has 1 atom stereocenters. The third-order valence-corrected chi connectivity index (χ3v) is 1.98. The van der Waals surface area contributed by atoms with Crippen molar-refractivity contribution >= 4 is 11.9 Å². The molecule has 0 saturated heterocycles. The minimum Gasteiger partial charge on any atom is -0.497 e. The van der Waals surface area contributed by atoms with Crippen molar-refractivity contribution in [3.8, 4) is 17.9 Å². The second-order valence-corrected chi connectivity index (χ2v) is 3.11. The predicted octanol–water partition coefficient (Wildman–Crippen LogP) is 1.55. The Balaban J connectivity index is 2.86. The predicted molar refractivity (Wildman–Crippen MR) is 63.3 cm³/mol. The van der Waals surface area contributed by atoms with Crippen LogP contribution in [-0.4, -0.2) is 25.1 Å². The topological polar surface area (TPSA) is 93.0 Å². The maximum absolute atomic E-state index is 8.73. The van der Waals surface area contributed by atoms with Gasteiger partial charge >= 0.3 is 0 Å².